The molecule has 1 heterocycles. The maximum absolute atomic E-state index is 4.21. The molecule has 0 unspecified atom stereocenters. The van der Waals surface area contributed by atoms with Gasteiger partial charge in [-0.3, -0.25) is 0 Å². The molecule has 3 rings (SSSR count). The van der Waals surface area contributed by atoms with Gasteiger partial charge in [0, 0.05) is 3.92 Å². The van der Waals surface area contributed by atoms with Crippen LogP contribution in [0.5, 0.6) is 0 Å². The van der Waals surface area contributed by atoms with Crippen molar-refractivity contribution < 1.29 is 0 Å². The molecule has 4 atom stereocenters. The summed E-state index contributed by atoms with van der Waals surface area (Å²) < 4.78 is 2.96. The van der Waals surface area contributed by atoms with Crippen LogP contribution in [0.25, 0.3) is 0 Å². The fraction of sp³-hybridized carbons (Fsp3) is 0.917. The van der Waals surface area contributed by atoms with Crippen molar-refractivity contribution in [2.45, 2.75) is 55.4 Å². The number of hydrogen-bond acceptors (Lipinski definition) is 3. The molecule has 94 valence electrons. The van der Waals surface area contributed by atoms with Crippen LogP contribution in [0.1, 0.15) is 50.4 Å². The number of rotatable bonds is 1. The molecule has 2 fully saturated rings. The van der Waals surface area contributed by atoms with E-state index >= 15 is 0 Å². The molecule has 4 nitrogen and oxygen atoms in total. The first-order chi connectivity index (χ1) is 8.27. The SMILES string of the molecule is Cc1nnnn1[C@@H]1CCC[C@H]2[C@@H]1CCC[C@H]2I. The normalized spacial score (nSPS) is 37.8. The molecule has 0 amide bonds. The quantitative estimate of drug-likeness (QED) is 0.580. The Bertz CT molecular complexity index is 392. The Hall–Kier alpha value is -0.200. The molecular weight excluding hydrogens is 327 g/mol. The van der Waals surface area contributed by atoms with Crippen LogP contribution in [0, 0.1) is 18.8 Å². The largest absolute Gasteiger partial charge is 0.227 e. The van der Waals surface area contributed by atoms with Crippen molar-refractivity contribution in [3.05, 3.63) is 5.82 Å². The molecule has 1 aromatic heterocycles. The molecule has 5 heteroatoms. The number of hydrogen-bond donors (Lipinski definition) is 0. The third-order valence-corrected chi connectivity index (χ3v) is 6.08. The Morgan fingerprint density at radius 1 is 1.12 bits per heavy atom. The van der Waals surface area contributed by atoms with Crippen LogP contribution >= 0.6 is 22.6 Å². The first-order valence-electron chi connectivity index (χ1n) is 6.66. The van der Waals surface area contributed by atoms with Crippen molar-refractivity contribution in [1.82, 2.24) is 20.2 Å². The summed E-state index contributed by atoms with van der Waals surface area (Å²) in [6.45, 7) is 2.02. The van der Waals surface area contributed by atoms with E-state index in [1.54, 1.807) is 0 Å². The van der Waals surface area contributed by atoms with Crippen LogP contribution < -0.4 is 0 Å². The number of fused-ring (bicyclic) bond motifs is 1. The maximum Gasteiger partial charge on any atom is 0.148 e. The molecule has 0 radical (unpaired) electrons. The highest BCUT2D eigenvalue weighted by atomic mass is 127. The molecule has 0 spiro atoms. The zero-order valence-electron chi connectivity index (χ0n) is 10.2. The molecule has 2 aliphatic rings. The van der Waals surface area contributed by atoms with Gasteiger partial charge in [-0.25, -0.2) is 4.68 Å². The molecular formula is C12H19IN4. The minimum absolute atomic E-state index is 0.557. The number of halogens is 1. The van der Waals surface area contributed by atoms with Crippen molar-refractivity contribution in [2.75, 3.05) is 0 Å². The average Bonchev–Trinajstić information content (AvgIpc) is 2.75. The predicted molar refractivity (Wildman–Crippen MR) is 74.1 cm³/mol. The van der Waals surface area contributed by atoms with Gasteiger partial charge < -0.3 is 0 Å². The van der Waals surface area contributed by atoms with Gasteiger partial charge in [-0.15, -0.1) is 5.10 Å². The monoisotopic (exact) mass is 346 g/mol. The van der Waals surface area contributed by atoms with Gasteiger partial charge in [0.05, 0.1) is 6.04 Å². The minimum Gasteiger partial charge on any atom is -0.227 e. The van der Waals surface area contributed by atoms with Crippen molar-refractivity contribution in [3.63, 3.8) is 0 Å². The van der Waals surface area contributed by atoms with Gasteiger partial charge in [0.2, 0.25) is 0 Å². The van der Waals surface area contributed by atoms with Gasteiger partial charge in [0.1, 0.15) is 5.82 Å². The lowest BCUT2D eigenvalue weighted by molar-refractivity contribution is 0.108. The third kappa shape index (κ3) is 2.11. The van der Waals surface area contributed by atoms with Crippen molar-refractivity contribution in [3.8, 4) is 0 Å². The van der Waals surface area contributed by atoms with E-state index in [0.29, 0.717) is 6.04 Å². The first kappa shape index (κ1) is 11.9. The average molecular weight is 346 g/mol. The summed E-state index contributed by atoms with van der Waals surface area (Å²) in [5, 5.41) is 12.1. The van der Waals surface area contributed by atoms with Crippen LogP contribution in [0.4, 0.5) is 0 Å². The van der Waals surface area contributed by atoms with Crippen LogP contribution in [0.3, 0.4) is 0 Å². The molecule has 0 aliphatic heterocycles. The van der Waals surface area contributed by atoms with Crippen LogP contribution in [-0.2, 0) is 0 Å². The van der Waals surface area contributed by atoms with E-state index in [-0.39, 0.29) is 0 Å². The number of aryl methyl sites for hydroxylation is 1. The predicted octanol–water partition coefficient (Wildman–Crippen LogP) is 2.93. The van der Waals surface area contributed by atoms with Crippen molar-refractivity contribution >= 4 is 22.6 Å². The smallest absolute Gasteiger partial charge is 0.148 e. The summed E-state index contributed by atoms with van der Waals surface area (Å²) in [5.41, 5.74) is 0. The van der Waals surface area contributed by atoms with Gasteiger partial charge in [-0.05, 0) is 54.9 Å². The second-order valence-corrected chi connectivity index (χ2v) is 7.04. The van der Waals surface area contributed by atoms with E-state index in [4.69, 9.17) is 0 Å². The minimum atomic E-state index is 0.557. The fourth-order valence-corrected chi connectivity index (χ4v) is 5.08. The van der Waals surface area contributed by atoms with Gasteiger partial charge in [-0.1, -0.05) is 35.4 Å². The van der Waals surface area contributed by atoms with E-state index < -0.39 is 0 Å². The molecule has 2 aliphatic carbocycles. The molecule has 0 aromatic carbocycles. The van der Waals surface area contributed by atoms with Crippen LogP contribution in [0.15, 0.2) is 0 Å². The highest BCUT2D eigenvalue weighted by Gasteiger charge is 2.40. The highest BCUT2D eigenvalue weighted by Crippen LogP contribution is 2.48. The lowest BCUT2D eigenvalue weighted by atomic mass is 9.68. The van der Waals surface area contributed by atoms with E-state index in [9.17, 15) is 0 Å². The van der Waals surface area contributed by atoms with Gasteiger partial charge >= 0.3 is 0 Å². The lowest BCUT2D eigenvalue weighted by Gasteiger charge is -2.43. The Morgan fingerprint density at radius 2 is 1.88 bits per heavy atom. The first-order valence-corrected chi connectivity index (χ1v) is 7.90. The zero-order valence-corrected chi connectivity index (χ0v) is 12.4. The van der Waals surface area contributed by atoms with E-state index in [2.05, 4.69) is 42.8 Å². The number of nitrogens with zero attached hydrogens (tertiary/aromatic N) is 4. The van der Waals surface area contributed by atoms with Gasteiger partial charge in [0.25, 0.3) is 0 Å². The molecule has 0 bridgehead atoms. The Morgan fingerprint density at radius 3 is 2.65 bits per heavy atom. The lowest BCUT2D eigenvalue weighted by Crippen LogP contribution is -2.38. The summed E-state index contributed by atoms with van der Waals surface area (Å²) in [7, 11) is 0. The second kappa shape index (κ2) is 4.82. The number of tetrazole rings is 1. The Balaban J connectivity index is 1.87. The molecule has 2 saturated carbocycles. The summed E-state index contributed by atoms with van der Waals surface area (Å²) in [6.07, 6.45) is 8.17. The van der Waals surface area contributed by atoms with Gasteiger partial charge in [-0.2, -0.15) is 0 Å². The van der Waals surface area contributed by atoms with Crippen molar-refractivity contribution in [2.24, 2.45) is 11.8 Å². The van der Waals surface area contributed by atoms with Crippen LogP contribution in [-0.4, -0.2) is 24.1 Å². The Labute approximate surface area is 116 Å². The highest BCUT2D eigenvalue weighted by molar-refractivity contribution is 14.1. The van der Waals surface area contributed by atoms with E-state index in [0.717, 1.165) is 21.6 Å². The summed E-state index contributed by atoms with van der Waals surface area (Å²) >= 11 is 2.67. The fourth-order valence-electron chi connectivity index (χ4n) is 3.74. The van der Waals surface area contributed by atoms with Gasteiger partial charge in [0.15, 0.2) is 0 Å². The van der Waals surface area contributed by atoms with Crippen molar-refractivity contribution in [1.29, 1.82) is 0 Å². The number of alkyl halides is 1. The summed E-state index contributed by atoms with van der Waals surface area (Å²) in [6, 6.07) is 0.557. The molecule has 0 N–H and O–H groups in total. The topological polar surface area (TPSA) is 43.6 Å². The summed E-state index contributed by atoms with van der Waals surface area (Å²) in [5.74, 6) is 2.68. The van der Waals surface area contributed by atoms with E-state index in [1.165, 1.54) is 38.5 Å². The van der Waals surface area contributed by atoms with E-state index in [1.807, 2.05) is 6.92 Å². The molecule has 0 saturated heterocycles. The third-order valence-electron chi connectivity index (χ3n) is 4.53. The Kier molecular flexibility index (Phi) is 3.36. The van der Waals surface area contributed by atoms with Crippen LogP contribution in [0.2, 0.25) is 0 Å². The summed E-state index contributed by atoms with van der Waals surface area (Å²) in [4.78, 5) is 0. The number of aromatic nitrogens is 4. The standard InChI is InChI=1S/C12H19IN4/c1-8-14-15-16-17(8)12-7-3-4-9-10(12)5-2-6-11(9)13/h9-12H,2-7H2,1H3/t9-,10-,11+,12+/m0/s1. The molecule has 1 aromatic rings. The maximum atomic E-state index is 4.21. The second-order valence-electron chi connectivity index (χ2n) is 5.44. The zero-order chi connectivity index (χ0) is 11.8. The molecule has 17 heavy (non-hydrogen) atoms.